The van der Waals surface area contributed by atoms with Crippen molar-refractivity contribution in [1.29, 1.82) is 0 Å². The number of anilines is 3. The minimum absolute atomic E-state index is 1.05. The predicted molar refractivity (Wildman–Crippen MR) is 440 cm³/mol. The summed E-state index contributed by atoms with van der Waals surface area (Å²) in [6.07, 6.45) is 13.2. The lowest BCUT2D eigenvalue weighted by Gasteiger charge is -2.26. The molecule has 1 heteroatoms. The molecule has 15 rings (SSSR count). The molecule has 0 unspecified atom stereocenters. The number of rotatable bonds is 21. The van der Waals surface area contributed by atoms with Crippen LogP contribution in [0.15, 0.2) is 419 Å². The fraction of sp³-hybridized carbons (Fsp3) is 0. The van der Waals surface area contributed by atoms with E-state index in [-0.39, 0.29) is 0 Å². The van der Waals surface area contributed by atoms with E-state index in [1.807, 2.05) is 0 Å². The van der Waals surface area contributed by atoms with Gasteiger partial charge in [-0.3, -0.25) is 0 Å². The fourth-order valence-corrected chi connectivity index (χ4v) is 13.7. The van der Waals surface area contributed by atoms with Crippen LogP contribution in [0.3, 0.4) is 0 Å². The Balaban J connectivity index is 0.719. The van der Waals surface area contributed by atoms with Gasteiger partial charge in [0.05, 0.1) is 0 Å². The van der Waals surface area contributed by atoms with Crippen LogP contribution in [-0.2, 0) is 0 Å². The molecule has 0 aliphatic carbocycles. The van der Waals surface area contributed by atoms with E-state index in [9.17, 15) is 0 Å². The first-order valence-corrected chi connectivity index (χ1v) is 35.3. The van der Waals surface area contributed by atoms with Gasteiger partial charge in [-0.1, -0.05) is 419 Å². The predicted octanol–water partition coefficient (Wildman–Crippen LogP) is 26.7. The van der Waals surface area contributed by atoms with E-state index in [2.05, 4.69) is 460 Å². The molecule has 0 saturated heterocycles. The Bertz CT molecular complexity index is 4760. The van der Waals surface area contributed by atoms with Crippen LogP contribution in [0.1, 0.15) is 100 Å². The first-order chi connectivity index (χ1) is 51.1. The van der Waals surface area contributed by atoms with Gasteiger partial charge in [-0.15, -0.1) is 0 Å². The quantitative estimate of drug-likeness (QED) is 0.0648. The second-order valence-corrected chi connectivity index (χ2v) is 25.5. The highest BCUT2D eigenvalue weighted by Crippen LogP contribution is 2.42. The van der Waals surface area contributed by atoms with Gasteiger partial charge in [0.1, 0.15) is 0 Å². The molecule has 15 aromatic carbocycles. The molecular formula is C102H75N. The van der Waals surface area contributed by atoms with Crippen molar-refractivity contribution >= 4 is 87.0 Å². The summed E-state index contributed by atoms with van der Waals surface area (Å²) in [5.74, 6) is 0. The highest BCUT2D eigenvalue weighted by Gasteiger charge is 2.20. The Morgan fingerprint density at radius 1 is 0.126 bits per heavy atom. The number of benzene rings is 15. The summed E-state index contributed by atoms with van der Waals surface area (Å²) < 4.78 is 0. The van der Waals surface area contributed by atoms with Gasteiger partial charge in [-0.05, 0) is 170 Å². The molecule has 0 radical (unpaired) electrons. The maximum absolute atomic E-state index is 2.34. The fourth-order valence-electron chi connectivity index (χ4n) is 13.7. The van der Waals surface area contributed by atoms with Crippen LogP contribution in [0.2, 0.25) is 0 Å². The second-order valence-electron chi connectivity index (χ2n) is 25.5. The van der Waals surface area contributed by atoms with Crippen molar-refractivity contribution in [2.45, 2.75) is 0 Å². The van der Waals surface area contributed by atoms with Gasteiger partial charge >= 0.3 is 0 Å². The van der Waals surface area contributed by atoms with Crippen LogP contribution < -0.4 is 4.90 Å². The first kappa shape index (κ1) is 65.5. The van der Waals surface area contributed by atoms with E-state index in [4.69, 9.17) is 0 Å². The summed E-state index contributed by atoms with van der Waals surface area (Å²) in [4.78, 5) is 2.34. The summed E-state index contributed by atoms with van der Waals surface area (Å²) in [5.41, 5.74) is 31.1. The second kappa shape index (κ2) is 32.0. The minimum atomic E-state index is 1.05. The highest BCUT2D eigenvalue weighted by molar-refractivity contribution is 6.07. The highest BCUT2D eigenvalue weighted by atomic mass is 15.1. The van der Waals surface area contributed by atoms with E-state index in [0.717, 1.165) is 67.1 Å². The van der Waals surface area contributed by atoms with Crippen LogP contribution in [0.4, 0.5) is 17.1 Å². The summed E-state index contributed by atoms with van der Waals surface area (Å²) in [5, 5.41) is 0. The Morgan fingerprint density at radius 3 is 0.379 bits per heavy atom. The van der Waals surface area contributed by atoms with Gasteiger partial charge < -0.3 is 4.90 Å². The molecule has 1 nitrogen and oxygen atoms in total. The van der Waals surface area contributed by atoms with E-state index in [1.54, 1.807) is 0 Å². The first-order valence-electron chi connectivity index (χ1n) is 35.3. The molecular weight excluding hydrogens is 1240 g/mol. The molecule has 0 amide bonds. The Hall–Kier alpha value is -13.5. The van der Waals surface area contributed by atoms with E-state index in [1.165, 1.54) is 83.5 Å². The van der Waals surface area contributed by atoms with Crippen LogP contribution in [0, 0.1) is 0 Å². The number of hydrogen-bond donors (Lipinski definition) is 0. The van der Waals surface area contributed by atoms with Gasteiger partial charge in [0.25, 0.3) is 0 Å². The average molecular weight is 1310 g/mol. The van der Waals surface area contributed by atoms with Gasteiger partial charge in [0.2, 0.25) is 0 Å². The van der Waals surface area contributed by atoms with E-state index in [0.29, 0.717) is 0 Å². The van der Waals surface area contributed by atoms with Crippen molar-refractivity contribution in [2.24, 2.45) is 0 Å². The van der Waals surface area contributed by atoms with Crippen molar-refractivity contribution < 1.29 is 0 Å². The van der Waals surface area contributed by atoms with Crippen molar-refractivity contribution in [3.63, 3.8) is 0 Å². The summed E-state index contributed by atoms with van der Waals surface area (Å²) in [7, 11) is 0. The molecule has 103 heavy (non-hydrogen) atoms. The van der Waals surface area contributed by atoms with Gasteiger partial charge in [-0.25, -0.2) is 0 Å². The molecule has 0 aliphatic rings. The third-order valence-electron chi connectivity index (χ3n) is 18.8. The summed E-state index contributed by atoms with van der Waals surface area (Å²) >= 11 is 0. The zero-order valence-corrected chi connectivity index (χ0v) is 57.2. The normalized spacial score (nSPS) is 11.2. The third kappa shape index (κ3) is 15.7. The minimum Gasteiger partial charge on any atom is -0.311 e. The molecule has 0 N–H and O–H groups in total. The Morgan fingerprint density at radius 2 is 0.243 bits per heavy atom. The van der Waals surface area contributed by atoms with E-state index < -0.39 is 0 Å². The SMILES string of the molecule is C(=C\c1ccc(N(c2ccc(/C=C/c3ccc(C(=C(c4ccccc4)c4ccccc4)c4ccccc4)cc3)cc2)c2ccc(/C=C/c3ccc(C(=C(c4ccccc4)c4ccccc4)c4ccccc4)cc3)cc2)cc1)/c1ccc(C(=C(c2ccccc2)c2ccccc2)c2ccccc2)cc1. The van der Waals surface area contributed by atoms with Gasteiger partial charge in [-0.2, -0.15) is 0 Å². The average Bonchev–Trinajstić information content (AvgIpc) is 0.798. The largest absolute Gasteiger partial charge is 0.311 e. The molecule has 0 saturated carbocycles. The maximum atomic E-state index is 2.34. The molecule has 0 aliphatic heterocycles. The third-order valence-corrected chi connectivity index (χ3v) is 18.8. The van der Waals surface area contributed by atoms with Gasteiger partial charge in [0.15, 0.2) is 0 Å². The standard InChI is InChI=1S/C102H75N/c1-10-28-82(29-11-1)97(83-30-12-2-13-31-83)100(88-40-22-7-23-41-88)91-64-52-76(53-65-91)46-49-79-58-70-94(71-59-79)103(95-72-60-80(61-73-95)50-47-77-54-66-92(67-55-77)101(89-42-24-8-25-43-89)98(84-32-14-3-15-33-84)85-34-16-4-17-35-85)96-74-62-81(63-75-96)51-48-78-56-68-93(69-57-78)102(90-44-26-9-27-45-90)99(86-36-18-5-19-37-86)87-38-20-6-21-39-87/h1-75H/b49-46+,50-47+,51-48+. The lowest BCUT2D eigenvalue weighted by atomic mass is 9.85. The molecule has 0 fully saturated rings. The van der Waals surface area contributed by atoms with Gasteiger partial charge in [0, 0.05) is 17.1 Å². The van der Waals surface area contributed by atoms with Crippen LogP contribution in [0.25, 0.3) is 69.9 Å². The van der Waals surface area contributed by atoms with Crippen LogP contribution >= 0.6 is 0 Å². The molecule has 0 atom stereocenters. The zero-order chi connectivity index (χ0) is 69.2. The zero-order valence-electron chi connectivity index (χ0n) is 57.2. The Labute approximate surface area is 606 Å². The van der Waals surface area contributed by atoms with Crippen LogP contribution in [0.5, 0.6) is 0 Å². The van der Waals surface area contributed by atoms with Crippen LogP contribution in [-0.4, -0.2) is 0 Å². The van der Waals surface area contributed by atoms with Crippen molar-refractivity contribution in [1.82, 2.24) is 0 Å². The number of hydrogen-bond acceptors (Lipinski definition) is 1. The molecule has 488 valence electrons. The van der Waals surface area contributed by atoms with Crippen molar-refractivity contribution in [2.75, 3.05) is 4.90 Å². The molecule has 0 bridgehead atoms. The molecule has 0 spiro atoms. The maximum Gasteiger partial charge on any atom is 0.0462 e. The van der Waals surface area contributed by atoms with Crippen molar-refractivity contribution in [3.8, 4) is 0 Å². The monoisotopic (exact) mass is 1310 g/mol. The summed E-state index contributed by atoms with van der Waals surface area (Å²) in [6.45, 7) is 0. The Kier molecular flexibility index (Phi) is 20.4. The van der Waals surface area contributed by atoms with Crippen molar-refractivity contribution in [3.05, 3.63) is 519 Å². The lowest BCUT2D eigenvalue weighted by molar-refractivity contribution is 1.28. The summed E-state index contributed by atoms with van der Waals surface area (Å²) in [6, 6.07) is 150. The molecule has 0 heterocycles. The van der Waals surface area contributed by atoms with E-state index >= 15 is 0 Å². The topological polar surface area (TPSA) is 3.24 Å². The molecule has 0 aromatic heterocycles. The lowest BCUT2D eigenvalue weighted by Crippen LogP contribution is -2.09. The smallest absolute Gasteiger partial charge is 0.0462 e. The number of nitrogens with zero attached hydrogens (tertiary/aromatic N) is 1. The molecule has 15 aromatic rings.